The highest BCUT2D eigenvalue weighted by Crippen LogP contribution is 2.25. The molecule has 0 fully saturated rings. The summed E-state index contributed by atoms with van der Waals surface area (Å²) in [6.45, 7) is 1.94. The molecule has 1 amide bonds. The van der Waals surface area contributed by atoms with Crippen molar-refractivity contribution in [2.45, 2.75) is 13.5 Å². The fourth-order valence-corrected chi connectivity index (χ4v) is 2.33. The normalized spacial score (nSPS) is 10.6. The molecule has 0 radical (unpaired) electrons. The summed E-state index contributed by atoms with van der Waals surface area (Å²) < 4.78 is 0. The van der Waals surface area contributed by atoms with E-state index in [1.807, 2.05) is 31.2 Å². The van der Waals surface area contributed by atoms with E-state index in [1.165, 1.54) is 4.80 Å². The Hall–Kier alpha value is -2.44. The summed E-state index contributed by atoms with van der Waals surface area (Å²) in [5.41, 5.74) is 2.54. The average Bonchev–Trinajstić information content (AvgIpc) is 3.00. The van der Waals surface area contributed by atoms with Crippen LogP contribution in [-0.4, -0.2) is 26.1 Å². The Kier molecular flexibility index (Phi) is 4.78. The molecule has 24 heavy (non-hydrogen) atoms. The van der Waals surface area contributed by atoms with Crippen LogP contribution in [0.4, 0.5) is 5.69 Å². The molecule has 0 aliphatic rings. The zero-order chi connectivity index (χ0) is 17.1. The van der Waals surface area contributed by atoms with Gasteiger partial charge in [0.1, 0.15) is 6.54 Å². The second kappa shape index (κ2) is 6.98. The third-order valence-corrected chi connectivity index (χ3v) is 3.99. The molecule has 0 aliphatic heterocycles. The molecule has 2 aromatic carbocycles. The molecular weight excluding hydrogens is 349 g/mol. The molecule has 6 nitrogen and oxygen atoms in total. The van der Waals surface area contributed by atoms with E-state index in [9.17, 15) is 4.79 Å². The van der Waals surface area contributed by atoms with Gasteiger partial charge in [0.05, 0.1) is 10.0 Å². The van der Waals surface area contributed by atoms with Gasteiger partial charge in [0.25, 0.3) is 0 Å². The third-order valence-electron chi connectivity index (χ3n) is 3.25. The molecule has 3 rings (SSSR count). The Morgan fingerprint density at radius 3 is 2.58 bits per heavy atom. The molecule has 1 N–H and O–H groups in total. The largest absolute Gasteiger partial charge is 0.324 e. The van der Waals surface area contributed by atoms with Crippen molar-refractivity contribution in [2.75, 3.05) is 5.32 Å². The molecule has 0 atom stereocenters. The number of aromatic nitrogens is 4. The summed E-state index contributed by atoms with van der Waals surface area (Å²) in [6, 6.07) is 12.6. The van der Waals surface area contributed by atoms with E-state index >= 15 is 0 Å². The predicted octanol–water partition coefficient (Wildman–Crippen LogP) is 3.59. The van der Waals surface area contributed by atoms with Gasteiger partial charge >= 0.3 is 0 Å². The van der Waals surface area contributed by atoms with Crippen LogP contribution in [0.5, 0.6) is 0 Å². The fourth-order valence-electron chi connectivity index (χ4n) is 2.03. The maximum absolute atomic E-state index is 12.1. The minimum absolute atomic E-state index is 0.0564. The van der Waals surface area contributed by atoms with Gasteiger partial charge < -0.3 is 5.32 Å². The predicted molar refractivity (Wildman–Crippen MR) is 93.1 cm³/mol. The van der Waals surface area contributed by atoms with Gasteiger partial charge in [-0.05, 0) is 30.3 Å². The number of hydrogen-bond donors (Lipinski definition) is 1. The average molecular weight is 362 g/mol. The number of rotatable bonds is 4. The first-order valence-electron chi connectivity index (χ1n) is 7.11. The van der Waals surface area contributed by atoms with Gasteiger partial charge in [-0.25, -0.2) is 0 Å². The van der Waals surface area contributed by atoms with Gasteiger partial charge in [-0.1, -0.05) is 53.0 Å². The number of aryl methyl sites for hydroxylation is 1. The molecule has 0 saturated carbocycles. The van der Waals surface area contributed by atoms with Crippen LogP contribution in [0.1, 0.15) is 5.56 Å². The van der Waals surface area contributed by atoms with E-state index in [-0.39, 0.29) is 12.5 Å². The number of tetrazole rings is 1. The highest BCUT2D eigenvalue weighted by Gasteiger charge is 2.10. The SMILES string of the molecule is Cc1ccc(-c2nnn(CC(=O)Nc3ccc(Cl)c(Cl)c3)n2)cc1. The van der Waals surface area contributed by atoms with E-state index in [4.69, 9.17) is 23.2 Å². The molecule has 0 unspecified atom stereocenters. The van der Waals surface area contributed by atoms with E-state index in [0.29, 0.717) is 21.6 Å². The van der Waals surface area contributed by atoms with E-state index in [2.05, 4.69) is 20.7 Å². The van der Waals surface area contributed by atoms with Gasteiger partial charge in [0.2, 0.25) is 11.7 Å². The maximum atomic E-state index is 12.1. The van der Waals surface area contributed by atoms with Crippen LogP contribution < -0.4 is 5.32 Å². The smallest absolute Gasteiger partial charge is 0.248 e. The van der Waals surface area contributed by atoms with Crippen LogP contribution in [0.25, 0.3) is 11.4 Å². The van der Waals surface area contributed by atoms with Gasteiger partial charge in [-0.2, -0.15) is 4.80 Å². The standard InChI is InChI=1S/C16H13Cl2N5O/c1-10-2-4-11(5-3-10)16-20-22-23(21-16)9-15(24)19-12-6-7-13(17)14(18)8-12/h2-8H,9H2,1H3,(H,19,24). The van der Waals surface area contributed by atoms with Crippen molar-refractivity contribution in [2.24, 2.45) is 0 Å². The van der Waals surface area contributed by atoms with Crippen LogP contribution >= 0.6 is 23.2 Å². The summed E-state index contributed by atoms with van der Waals surface area (Å²) >= 11 is 11.8. The number of carbonyl (C=O) groups is 1. The highest BCUT2D eigenvalue weighted by atomic mass is 35.5. The lowest BCUT2D eigenvalue weighted by Crippen LogP contribution is -2.20. The van der Waals surface area contributed by atoms with E-state index in [1.54, 1.807) is 18.2 Å². The first kappa shape index (κ1) is 16.4. The Bertz CT molecular complexity index is 876. The molecule has 8 heteroatoms. The summed E-state index contributed by atoms with van der Waals surface area (Å²) in [5.74, 6) is 0.179. The van der Waals surface area contributed by atoms with Crippen molar-refractivity contribution >= 4 is 34.8 Å². The number of nitrogens with zero attached hydrogens (tertiary/aromatic N) is 4. The lowest BCUT2D eigenvalue weighted by atomic mass is 10.1. The summed E-state index contributed by atoms with van der Waals surface area (Å²) in [6.07, 6.45) is 0. The zero-order valence-corrected chi connectivity index (χ0v) is 14.2. The Morgan fingerprint density at radius 2 is 1.88 bits per heavy atom. The second-order valence-electron chi connectivity index (χ2n) is 5.19. The van der Waals surface area contributed by atoms with Crippen LogP contribution in [0.3, 0.4) is 0 Å². The molecule has 3 aromatic rings. The zero-order valence-electron chi connectivity index (χ0n) is 12.7. The van der Waals surface area contributed by atoms with Gasteiger partial charge in [0.15, 0.2) is 0 Å². The fraction of sp³-hybridized carbons (Fsp3) is 0.125. The molecule has 122 valence electrons. The lowest BCUT2D eigenvalue weighted by molar-refractivity contribution is -0.117. The molecule has 0 saturated heterocycles. The van der Waals surface area contributed by atoms with Gasteiger partial charge in [-0.3, -0.25) is 4.79 Å². The molecule has 0 spiro atoms. The van der Waals surface area contributed by atoms with Crippen LogP contribution in [0.2, 0.25) is 10.0 Å². The van der Waals surface area contributed by atoms with Crippen LogP contribution in [-0.2, 0) is 11.3 Å². The summed E-state index contributed by atoms with van der Waals surface area (Å²) in [5, 5.41) is 15.6. The van der Waals surface area contributed by atoms with Gasteiger partial charge in [0, 0.05) is 11.3 Å². The lowest BCUT2D eigenvalue weighted by Gasteiger charge is -2.05. The Morgan fingerprint density at radius 1 is 1.12 bits per heavy atom. The molecule has 0 bridgehead atoms. The third kappa shape index (κ3) is 3.90. The minimum Gasteiger partial charge on any atom is -0.324 e. The van der Waals surface area contributed by atoms with Crippen molar-refractivity contribution < 1.29 is 4.79 Å². The van der Waals surface area contributed by atoms with E-state index in [0.717, 1.165) is 11.1 Å². The quantitative estimate of drug-likeness (QED) is 0.770. The summed E-state index contributed by atoms with van der Waals surface area (Å²) in [7, 11) is 0. The first-order valence-corrected chi connectivity index (χ1v) is 7.86. The summed E-state index contributed by atoms with van der Waals surface area (Å²) in [4.78, 5) is 13.3. The van der Waals surface area contributed by atoms with Gasteiger partial charge in [-0.15, -0.1) is 10.2 Å². The number of carbonyl (C=O) groups excluding carboxylic acids is 1. The number of benzene rings is 2. The van der Waals surface area contributed by atoms with Crippen LogP contribution in [0.15, 0.2) is 42.5 Å². The number of nitrogens with one attached hydrogen (secondary N) is 1. The molecular formula is C16H13Cl2N5O. The van der Waals surface area contributed by atoms with Crippen molar-refractivity contribution in [3.8, 4) is 11.4 Å². The maximum Gasteiger partial charge on any atom is 0.248 e. The molecule has 1 heterocycles. The first-order chi connectivity index (χ1) is 11.5. The van der Waals surface area contributed by atoms with E-state index < -0.39 is 0 Å². The Labute approximate surface area is 148 Å². The molecule has 0 aliphatic carbocycles. The van der Waals surface area contributed by atoms with Crippen molar-refractivity contribution in [3.05, 3.63) is 58.1 Å². The van der Waals surface area contributed by atoms with Crippen LogP contribution in [0, 0.1) is 6.92 Å². The van der Waals surface area contributed by atoms with Crippen molar-refractivity contribution in [3.63, 3.8) is 0 Å². The molecule has 1 aromatic heterocycles. The minimum atomic E-state index is -0.291. The number of anilines is 1. The topological polar surface area (TPSA) is 72.7 Å². The number of hydrogen-bond acceptors (Lipinski definition) is 4. The number of halogens is 2. The number of amides is 1. The second-order valence-corrected chi connectivity index (χ2v) is 6.00. The highest BCUT2D eigenvalue weighted by molar-refractivity contribution is 6.42. The monoisotopic (exact) mass is 361 g/mol. The Balaban J connectivity index is 1.66. The van der Waals surface area contributed by atoms with Crippen molar-refractivity contribution in [1.29, 1.82) is 0 Å². The van der Waals surface area contributed by atoms with Crippen molar-refractivity contribution in [1.82, 2.24) is 20.2 Å².